The first-order valence-corrected chi connectivity index (χ1v) is 24.0. The predicted octanol–water partition coefficient (Wildman–Crippen LogP) is 6.77. The molecule has 2 aliphatic heterocycles. The number of anilines is 2. The van der Waals surface area contributed by atoms with Gasteiger partial charge < -0.3 is 19.6 Å². The van der Waals surface area contributed by atoms with Crippen molar-refractivity contribution in [3.8, 4) is 0 Å². The molecule has 59 heavy (non-hydrogen) atoms. The molecule has 2 aromatic heterocycles. The average molecular weight is 881 g/mol. The second-order valence-electron chi connectivity index (χ2n) is 14.1. The van der Waals surface area contributed by atoms with Gasteiger partial charge in [0.25, 0.3) is 11.8 Å². The molecule has 310 valence electrons. The lowest BCUT2D eigenvalue weighted by molar-refractivity contribution is 0.0669. The molecule has 0 bridgehead atoms. The van der Waals surface area contributed by atoms with Gasteiger partial charge in [-0.05, 0) is 67.6 Å². The summed E-state index contributed by atoms with van der Waals surface area (Å²) in [5.41, 5.74) is 1.94. The summed E-state index contributed by atoms with van der Waals surface area (Å²) >= 11 is 2.85. The highest BCUT2D eigenvalue weighted by molar-refractivity contribution is 7.91. The molecule has 6 aromatic rings. The third-order valence-corrected chi connectivity index (χ3v) is 16.1. The number of piperazine rings is 2. The van der Waals surface area contributed by atoms with Gasteiger partial charge in [0, 0.05) is 51.9 Å². The number of thiazole rings is 2. The minimum absolute atomic E-state index is 0.0523. The maximum atomic E-state index is 13.5. The molecular weight excluding hydrogens is 839 g/mol. The fraction of sp³-hybridized carbons (Fsp3) is 0.317. The number of amides is 2. The maximum absolute atomic E-state index is 13.5. The zero-order valence-electron chi connectivity index (χ0n) is 32.5. The Balaban J connectivity index is 0.000000179. The Labute approximate surface area is 349 Å². The molecule has 2 aliphatic rings. The van der Waals surface area contributed by atoms with Crippen molar-refractivity contribution in [1.82, 2.24) is 19.8 Å². The Bertz CT molecular complexity index is 2750. The SMILES string of the molecule is CCS(=O)(=O)c1ccccc1C(=O)N1CCN(c2nc3ccc(F)cc3s2)CC1.CCS(=O)(=O)c1ccccc1C(=O)N1CCN(c2nc3ccc(F)cc3s2)CC1C. The van der Waals surface area contributed by atoms with E-state index in [1.54, 1.807) is 72.2 Å². The lowest BCUT2D eigenvalue weighted by atomic mass is 10.1. The summed E-state index contributed by atoms with van der Waals surface area (Å²) in [5, 5.41) is 1.59. The molecule has 0 saturated carbocycles. The van der Waals surface area contributed by atoms with Crippen LogP contribution in [0.3, 0.4) is 0 Å². The lowest BCUT2D eigenvalue weighted by Crippen LogP contribution is -2.54. The summed E-state index contributed by atoms with van der Waals surface area (Å²) in [6.07, 6.45) is 0. The standard InChI is InChI=1S/C21H22FN3O3S2.C20H20FN3O3S2/c1-3-30(27,28)19-7-5-4-6-16(19)20(26)25-11-10-24(13-14(25)2)21-23-17-9-8-15(22)12-18(17)29-21;1-2-29(26,27)18-6-4-3-5-15(18)19(25)23-9-11-24(12-10-23)20-22-16-8-7-14(21)13-17(16)28-20/h4-9,12,14H,3,10-11,13H2,1-2H3;3-8,13H,2,9-12H2,1H3. The Morgan fingerprint density at radius 1 is 0.644 bits per heavy atom. The van der Waals surface area contributed by atoms with E-state index in [-0.39, 0.29) is 61.9 Å². The highest BCUT2D eigenvalue weighted by Crippen LogP contribution is 2.32. The van der Waals surface area contributed by atoms with Gasteiger partial charge in [-0.15, -0.1) is 0 Å². The van der Waals surface area contributed by atoms with E-state index in [0.717, 1.165) is 30.7 Å². The molecule has 0 spiro atoms. The van der Waals surface area contributed by atoms with E-state index < -0.39 is 19.7 Å². The Hall–Kier alpha value is -5.04. The Kier molecular flexibility index (Phi) is 12.3. The zero-order valence-corrected chi connectivity index (χ0v) is 35.8. The van der Waals surface area contributed by atoms with Gasteiger partial charge in [0.05, 0.1) is 52.9 Å². The molecule has 12 nitrogen and oxygen atoms in total. The molecule has 1 unspecified atom stereocenters. The van der Waals surface area contributed by atoms with Crippen molar-refractivity contribution < 1.29 is 35.2 Å². The second-order valence-corrected chi connectivity index (χ2v) is 20.6. The molecule has 1 atom stereocenters. The Morgan fingerprint density at radius 2 is 1.10 bits per heavy atom. The van der Waals surface area contributed by atoms with Crippen LogP contribution < -0.4 is 9.80 Å². The quantitative estimate of drug-likeness (QED) is 0.161. The van der Waals surface area contributed by atoms with Gasteiger partial charge in [-0.25, -0.2) is 35.6 Å². The minimum atomic E-state index is -3.50. The maximum Gasteiger partial charge on any atom is 0.255 e. The van der Waals surface area contributed by atoms with E-state index in [0.29, 0.717) is 45.8 Å². The molecule has 2 fully saturated rings. The molecule has 18 heteroatoms. The zero-order chi connectivity index (χ0) is 42.1. The highest BCUT2D eigenvalue weighted by Gasteiger charge is 2.32. The number of carbonyl (C=O) groups is 2. The van der Waals surface area contributed by atoms with Gasteiger partial charge in [0.15, 0.2) is 29.9 Å². The van der Waals surface area contributed by atoms with Crippen LogP contribution in [0.2, 0.25) is 0 Å². The van der Waals surface area contributed by atoms with Gasteiger partial charge in [0.2, 0.25) is 0 Å². The number of hydrogen-bond donors (Lipinski definition) is 0. The van der Waals surface area contributed by atoms with Crippen molar-refractivity contribution in [2.75, 3.05) is 67.1 Å². The van der Waals surface area contributed by atoms with Gasteiger partial charge in [-0.1, -0.05) is 60.8 Å². The first-order valence-electron chi connectivity index (χ1n) is 19.0. The van der Waals surface area contributed by atoms with Crippen molar-refractivity contribution >= 4 is 84.9 Å². The molecule has 4 heterocycles. The first kappa shape index (κ1) is 42.1. The first-order chi connectivity index (χ1) is 28.2. The summed E-state index contributed by atoms with van der Waals surface area (Å²) in [5.74, 6) is -1.24. The summed E-state index contributed by atoms with van der Waals surface area (Å²) in [4.78, 5) is 43.1. The number of benzene rings is 4. The summed E-state index contributed by atoms with van der Waals surface area (Å²) in [6.45, 7) is 8.75. The molecule has 8 rings (SSSR count). The van der Waals surface area contributed by atoms with Gasteiger partial charge >= 0.3 is 0 Å². The molecule has 2 amide bonds. The number of aromatic nitrogens is 2. The van der Waals surface area contributed by atoms with Crippen molar-refractivity contribution in [2.24, 2.45) is 0 Å². The number of fused-ring (bicyclic) bond motifs is 2. The van der Waals surface area contributed by atoms with E-state index in [9.17, 15) is 35.2 Å². The van der Waals surface area contributed by atoms with Crippen LogP contribution in [-0.4, -0.2) is 112 Å². The average Bonchev–Trinajstić information content (AvgIpc) is 3.87. The Morgan fingerprint density at radius 3 is 1.59 bits per heavy atom. The van der Waals surface area contributed by atoms with Crippen molar-refractivity contribution in [2.45, 2.75) is 36.6 Å². The van der Waals surface area contributed by atoms with Crippen LogP contribution >= 0.6 is 22.7 Å². The molecule has 0 aliphatic carbocycles. The molecule has 0 radical (unpaired) electrons. The number of sulfone groups is 2. The topological polar surface area (TPSA) is 141 Å². The molecular formula is C41H42F2N6O6S4. The van der Waals surface area contributed by atoms with E-state index in [1.165, 1.54) is 59.1 Å². The van der Waals surface area contributed by atoms with Crippen LogP contribution in [0, 0.1) is 11.6 Å². The van der Waals surface area contributed by atoms with E-state index in [4.69, 9.17) is 0 Å². The smallest absolute Gasteiger partial charge is 0.255 e. The number of halogens is 2. The van der Waals surface area contributed by atoms with Crippen molar-refractivity contribution in [3.05, 3.63) is 108 Å². The molecule has 4 aromatic carbocycles. The van der Waals surface area contributed by atoms with Gasteiger partial charge in [-0.3, -0.25) is 9.59 Å². The van der Waals surface area contributed by atoms with Crippen LogP contribution in [0.5, 0.6) is 0 Å². The number of hydrogen-bond acceptors (Lipinski definition) is 12. The van der Waals surface area contributed by atoms with E-state index >= 15 is 0 Å². The summed E-state index contributed by atoms with van der Waals surface area (Å²) in [6, 6.07) is 21.7. The van der Waals surface area contributed by atoms with Crippen LogP contribution in [-0.2, 0) is 19.7 Å². The number of carbonyl (C=O) groups excluding carboxylic acids is 2. The van der Waals surface area contributed by atoms with Crippen LogP contribution in [0.4, 0.5) is 19.0 Å². The van der Waals surface area contributed by atoms with Gasteiger partial charge in [-0.2, -0.15) is 0 Å². The largest absolute Gasteiger partial charge is 0.345 e. The van der Waals surface area contributed by atoms with Crippen LogP contribution in [0.25, 0.3) is 20.4 Å². The molecule has 2 saturated heterocycles. The van der Waals surface area contributed by atoms with Crippen LogP contribution in [0.15, 0.2) is 94.7 Å². The number of nitrogens with zero attached hydrogens (tertiary/aromatic N) is 6. The van der Waals surface area contributed by atoms with E-state index in [2.05, 4.69) is 19.8 Å². The van der Waals surface area contributed by atoms with E-state index in [1.807, 2.05) is 6.92 Å². The van der Waals surface area contributed by atoms with Crippen LogP contribution in [0.1, 0.15) is 41.5 Å². The third kappa shape index (κ3) is 8.95. The highest BCUT2D eigenvalue weighted by atomic mass is 32.2. The normalized spacial score (nSPS) is 16.3. The summed E-state index contributed by atoms with van der Waals surface area (Å²) < 4.78 is 78.0. The third-order valence-electron chi connectivity index (χ3n) is 10.3. The minimum Gasteiger partial charge on any atom is -0.345 e. The molecule has 0 N–H and O–H groups in total. The van der Waals surface area contributed by atoms with Crippen molar-refractivity contribution in [1.29, 1.82) is 0 Å². The monoisotopic (exact) mass is 880 g/mol. The lowest BCUT2D eigenvalue weighted by Gasteiger charge is -2.40. The second kappa shape index (κ2) is 17.3. The fourth-order valence-corrected chi connectivity index (χ4v) is 11.3. The van der Waals surface area contributed by atoms with Crippen molar-refractivity contribution in [3.63, 3.8) is 0 Å². The summed E-state index contributed by atoms with van der Waals surface area (Å²) in [7, 11) is -6.98. The predicted molar refractivity (Wildman–Crippen MR) is 228 cm³/mol. The fourth-order valence-electron chi connectivity index (χ4n) is 7.04. The van der Waals surface area contributed by atoms with Gasteiger partial charge in [0.1, 0.15) is 11.6 Å². The number of rotatable bonds is 8.